The minimum absolute atomic E-state index is 0.0278. The van der Waals surface area contributed by atoms with Crippen molar-refractivity contribution in [3.8, 4) is 11.5 Å². The van der Waals surface area contributed by atoms with Gasteiger partial charge in [0.15, 0.2) is 11.5 Å². The molecule has 0 bridgehead atoms. The highest BCUT2D eigenvalue weighted by atomic mass is 16.6. The van der Waals surface area contributed by atoms with Gasteiger partial charge in [-0.3, -0.25) is 0 Å². The van der Waals surface area contributed by atoms with Crippen molar-refractivity contribution < 1.29 is 38.8 Å². The van der Waals surface area contributed by atoms with Crippen LogP contribution in [0.3, 0.4) is 0 Å². The second-order valence-corrected chi connectivity index (χ2v) is 3.81. The number of carboxylic acid groups (broad SMARTS) is 1. The molecule has 0 atom stereocenters. The standard InChI is InChI=1S/C10H10O4.C5H8O4/c1-14-9-6-7(2-4-8(9)11)3-5-10(12)13;1-3-9-5(7)4(6)8-2/h2-6,11H,1H3,(H,12,13);3H2,1-2H3. The summed E-state index contributed by atoms with van der Waals surface area (Å²) in [4.78, 5) is 30.7. The molecule has 0 heterocycles. The van der Waals surface area contributed by atoms with E-state index in [9.17, 15) is 19.5 Å². The maximum absolute atomic E-state index is 10.3. The number of hydrogen-bond acceptors (Lipinski definition) is 7. The molecule has 0 radical (unpaired) electrons. The van der Waals surface area contributed by atoms with Crippen molar-refractivity contribution >= 4 is 24.0 Å². The van der Waals surface area contributed by atoms with E-state index < -0.39 is 17.9 Å². The number of methoxy groups -OCH3 is 2. The smallest absolute Gasteiger partial charge is 0.417 e. The summed E-state index contributed by atoms with van der Waals surface area (Å²) in [5.74, 6) is -2.58. The molecular weight excluding hydrogens is 308 g/mol. The summed E-state index contributed by atoms with van der Waals surface area (Å²) in [6, 6.07) is 4.59. The predicted octanol–water partition coefficient (Wildman–Crippen LogP) is 1.22. The van der Waals surface area contributed by atoms with Gasteiger partial charge in [0.25, 0.3) is 0 Å². The third-order valence-electron chi connectivity index (χ3n) is 2.25. The van der Waals surface area contributed by atoms with Gasteiger partial charge < -0.3 is 24.4 Å². The van der Waals surface area contributed by atoms with Crippen LogP contribution in [0.1, 0.15) is 12.5 Å². The molecule has 23 heavy (non-hydrogen) atoms. The van der Waals surface area contributed by atoms with Crippen LogP contribution in [0.4, 0.5) is 0 Å². The highest BCUT2D eigenvalue weighted by molar-refractivity contribution is 6.29. The van der Waals surface area contributed by atoms with Gasteiger partial charge in [0, 0.05) is 6.08 Å². The molecule has 0 unspecified atom stereocenters. The minimum Gasteiger partial charge on any atom is -0.504 e. The van der Waals surface area contributed by atoms with Gasteiger partial charge in [-0.25, -0.2) is 14.4 Å². The molecule has 0 saturated carbocycles. The van der Waals surface area contributed by atoms with E-state index in [1.54, 1.807) is 19.1 Å². The first-order chi connectivity index (χ1) is 10.8. The molecule has 0 amide bonds. The predicted molar refractivity (Wildman–Crippen MR) is 80.0 cm³/mol. The van der Waals surface area contributed by atoms with Gasteiger partial charge in [-0.1, -0.05) is 6.07 Å². The second-order valence-electron chi connectivity index (χ2n) is 3.81. The van der Waals surface area contributed by atoms with Crippen molar-refractivity contribution in [3.05, 3.63) is 29.8 Å². The maximum atomic E-state index is 10.3. The van der Waals surface area contributed by atoms with Gasteiger partial charge in [0.05, 0.1) is 20.8 Å². The number of esters is 2. The average molecular weight is 326 g/mol. The van der Waals surface area contributed by atoms with Crippen molar-refractivity contribution in [2.45, 2.75) is 6.92 Å². The van der Waals surface area contributed by atoms with Gasteiger partial charge in [0.1, 0.15) is 0 Å². The Kier molecular flexibility index (Phi) is 9.26. The molecule has 1 aromatic rings. The Morgan fingerprint density at radius 1 is 1.17 bits per heavy atom. The summed E-state index contributed by atoms with van der Waals surface area (Å²) < 4.78 is 13.2. The number of benzene rings is 1. The molecule has 0 saturated heterocycles. The normalized spacial score (nSPS) is 9.52. The highest BCUT2D eigenvalue weighted by Gasteiger charge is 2.13. The number of carbonyl (C=O) groups is 3. The number of carboxylic acids is 1. The van der Waals surface area contributed by atoms with E-state index in [1.165, 1.54) is 19.3 Å². The first-order valence-corrected chi connectivity index (χ1v) is 6.38. The number of aliphatic carboxylic acids is 1. The zero-order valence-corrected chi connectivity index (χ0v) is 12.9. The molecule has 1 aromatic carbocycles. The van der Waals surface area contributed by atoms with E-state index in [2.05, 4.69) is 9.47 Å². The monoisotopic (exact) mass is 326 g/mol. The van der Waals surface area contributed by atoms with Crippen LogP contribution in [0, 0.1) is 0 Å². The lowest BCUT2D eigenvalue weighted by Crippen LogP contribution is -2.18. The lowest BCUT2D eigenvalue weighted by atomic mass is 10.2. The summed E-state index contributed by atoms with van der Waals surface area (Å²) >= 11 is 0. The molecule has 0 aliphatic carbocycles. The molecule has 0 spiro atoms. The van der Waals surface area contributed by atoms with Crippen molar-refractivity contribution in [1.29, 1.82) is 0 Å². The summed E-state index contributed by atoms with van der Waals surface area (Å²) in [6.45, 7) is 1.80. The number of ether oxygens (including phenoxy) is 3. The van der Waals surface area contributed by atoms with Crippen LogP contribution >= 0.6 is 0 Å². The topological polar surface area (TPSA) is 119 Å². The van der Waals surface area contributed by atoms with Gasteiger partial charge in [0.2, 0.25) is 0 Å². The van der Waals surface area contributed by atoms with E-state index in [0.29, 0.717) is 11.3 Å². The summed E-state index contributed by atoms with van der Waals surface area (Å²) in [5.41, 5.74) is 0.655. The van der Waals surface area contributed by atoms with E-state index in [0.717, 1.165) is 13.2 Å². The zero-order valence-electron chi connectivity index (χ0n) is 12.9. The van der Waals surface area contributed by atoms with Crippen LogP contribution in [0.15, 0.2) is 24.3 Å². The first-order valence-electron chi connectivity index (χ1n) is 6.38. The maximum Gasteiger partial charge on any atom is 0.417 e. The molecule has 8 heteroatoms. The van der Waals surface area contributed by atoms with E-state index >= 15 is 0 Å². The van der Waals surface area contributed by atoms with Crippen LogP contribution in [-0.2, 0) is 23.9 Å². The Labute approximate surface area is 132 Å². The fourth-order valence-electron chi connectivity index (χ4n) is 1.24. The Bertz CT molecular complexity index is 577. The molecule has 126 valence electrons. The van der Waals surface area contributed by atoms with Crippen molar-refractivity contribution in [1.82, 2.24) is 0 Å². The van der Waals surface area contributed by atoms with Gasteiger partial charge in [-0.05, 0) is 30.7 Å². The third-order valence-corrected chi connectivity index (χ3v) is 2.25. The van der Waals surface area contributed by atoms with Crippen LogP contribution in [-0.4, -0.2) is 48.9 Å². The third kappa shape index (κ3) is 8.10. The van der Waals surface area contributed by atoms with Crippen LogP contribution in [0.5, 0.6) is 11.5 Å². The quantitative estimate of drug-likeness (QED) is 0.481. The summed E-state index contributed by atoms with van der Waals surface area (Å²) in [7, 11) is 2.55. The SMILES string of the molecule is CCOC(=O)C(=O)OC.COc1cc(C=CC(=O)O)ccc1O. The van der Waals surface area contributed by atoms with Crippen molar-refractivity contribution in [2.24, 2.45) is 0 Å². The fraction of sp³-hybridized carbons (Fsp3) is 0.267. The van der Waals surface area contributed by atoms with Gasteiger partial charge in [-0.15, -0.1) is 0 Å². The number of rotatable bonds is 4. The fourth-order valence-corrected chi connectivity index (χ4v) is 1.24. The molecule has 0 aliphatic rings. The van der Waals surface area contributed by atoms with E-state index in [1.807, 2.05) is 0 Å². The molecule has 1 rings (SSSR count). The minimum atomic E-state index is -1.02. The summed E-state index contributed by atoms with van der Waals surface area (Å²) in [5, 5.41) is 17.6. The molecule has 0 aliphatic heterocycles. The summed E-state index contributed by atoms with van der Waals surface area (Å²) in [6.07, 6.45) is 2.44. The van der Waals surface area contributed by atoms with Gasteiger partial charge >= 0.3 is 17.9 Å². The lowest BCUT2D eigenvalue weighted by Gasteiger charge is -2.03. The Hall–Kier alpha value is -3.03. The molecule has 0 fully saturated rings. The van der Waals surface area contributed by atoms with Crippen LogP contribution in [0.25, 0.3) is 6.08 Å². The molecule has 8 nitrogen and oxygen atoms in total. The lowest BCUT2D eigenvalue weighted by molar-refractivity contribution is -0.165. The van der Waals surface area contributed by atoms with E-state index in [4.69, 9.17) is 9.84 Å². The Morgan fingerprint density at radius 3 is 2.30 bits per heavy atom. The van der Waals surface area contributed by atoms with Crippen LogP contribution in [0.2, 0.25) is 0 Å². The number of carbonyl (C=O) groups excluding carboxylic acids is 2. The largest absolute Gasteiger partial charge is 0.504 e. The number of phenolic OH excluding ortho intramolecular Hbond substituents is 1. The Morgan fingerprint density at radius 2 is 1.83 bits per heavy atom. The molecule has 0 aromatic heterocycles. The molecule has 2 N–H and O–H groups in total. The number of phenols is 1. The van der Waals surface area contributed by atoms with Crippen LogP contribution < -0.4 is 4.74 Å². The molecular formula is C15H18O8. The first kappa shape index (κ1) is 20.0. The average Bonchev–Trinajstić information content (AvgIpc) is 2.54. The second kappa shape index (κ2) is 10.7. The number of hydrogen-bond donors (Lipinski definition) is 2. The highest BCUT2D eigenvalue weighted by Crippen LogP contribution is 2.26. The van der Waals surface area contributed by atoms with E-state index in [-0.39, 0.29) is 12.4 Å². The van der Waals surface area contributed by atoms with Crippen molar-refractivity contribution in [2.75, 3.05) is 20.8 Å². The Balaban J connectivity index is 0.000000468. The number of aromatic hydroxyl groups is 1. The van der Waals surface area contributed by atoms with Crippen molar-refractivity contribution in [3.63, 3.8) is 0 Å². The van der Waals surface area contributed by atoms with Gasteiger partial charge in [-0.2, -0.15) is 0 Å². The zero-order chi connectivity index (χ0) is 17.8.